The van der Waals surface area contributed by atoms with Gasteiger partial charge in [-0.1, -0.05) is 13.3 Å². The number of rotatable bonds is 3. The predicted octanol–water partition coefficient (Wildman–Crippen LogP) is 2.19. The lowest BCUT2D eigenvalue weighted by Crippen LogP contribution is -2.40. The van der Waals surface area contributed by atoms with Crippen LogP contribution >= 0.6 is 0 Å². The summed E-state index contributed by atoms with van der Waals surface area (Å²) in [5.41, 5.74) is 1.27. The average Bonchev–Trinajstić information content (AvgIpc) is 2.42. The van der Waals surface area contributed by atoms with Gasteiger partial charge in [0.1, 0.15) is 5.76 Å². The van der Waals surface area contributed by atoms with E-state index in [1.54, 1.807) is 0 Å². The largest absolute Gasteiger partial charge is 0.445 e. The Balaban J connectivity index is 1.86. The van der Waals surface area contributed by atoms with Crippen LogP contribution in [0.1, 0.15) is 55.4 Å². The van der Waals surface area contributed by atoms with Crippen molar-refractivity contribution in [2.45, 2.75) is 44.4 Å². The Morgan fingerprint density at radius 1 is 1.33 bits per heavy atom. The van der Waals surface area contributed by atoms with Gasteiger partial charge in [-0.25, -0.2) is 4.98 Å². The Kier molecular flexibility index (Phi) is 2.28. The van der Waals surface area contributed by atoms with Gasteiger partial charge in [-0.2, -0.15) is 0 Å². The summed E-state index contributed by atoms with van der Waals surface area (Å²) >= 11 is 0. The van der Waals surface area contributed by atoms with E-state index in [-0.39, 0.29) is 0 Å². The van der Waals surface area contributed by atoms with E-state index in [0.717, 1.165) is 31.2 Å². The first-order valence-corrected chi connectivity index (χ1v) is 6.08. The number of hydrogen-bond acceptors (Lipinski definition) is 3. The lowest BCUT2D eigenvalue weighted by Gasteiger charge is -2.24. The number of hydrogen-bond donors (Lipinski definition) is 1. The molecular weight excluding hydrogens is 188 g/mol. The van der Waals surface area contributed by atoms with Gasteiger partial charge >= 0.3 is 0 Å². The summed E-state index contributed by atoms with van der Waals surface area (Å²) in [4.78, 5) is 4.72. The number of aromatic nitrogens is 1. The monoisotopic (exact) mass is 206 g/mol. The summed E-state index contributed by atoms with van der Waals surface area (Å²) in [6, 6.07) is 0. The summed E-state index contributed by atoms with van der Waals surface area (Å²) < 4.78 is 5.87. The number of aryl methyl sites for hydroxylation is 1. The maximum absolute atomic E-state index is 5.87. The number of oxazole rings is 1. The minimum Gasteiger partial charge on any atom is -0.445 e. The Morgan fingerprint density at radius 2 is 2.13 bits per heavy atom. The first-order valence-electron chi connectivity index (χ1n) is 6.08. The molecule has 1 aromatic rings. The molecule has 1 N–H and O–H groups in total. The van der Waals surface area contributed by atoms with Crippen LogP contribution in [0.2, 0.25) is 0 Å². The summed E-state index contributed by atoms with van der Waals surface area (Å²) in [6.07, 6.45) is 4.96. The minimum atomic E-state index is 0.532. The Morgan fingerprint density at radius 3 is 2.60 bits per heavy atom. The van der Waals surface area contributed by atoms with Crippen molar-refractivity contribution in [1.29, 1.82) is 0 Å². The lowest BCUT2D eigenvalue weighted by molar-refractivity contribution is 0.346. The molecule has 0 spiro atoms. The predicted molar refractivity (Wildman–Crippen MR) is 58.1 cm³/mol. The second kappa shape index (κ2) is 3.63. The highest BCUT2D eigenvalue weighted by Gasteiger charge is 2.30. The van der Waals surface area contributed by atoms with Gasteiger partial charge in [0.05, 0.1) is 11.6 Å². The van der Waals surface area contributed by atoms with Gasteiger partial charge in [-0.3, -0.25) is 0 Å². The lowest BCUT2D eigenvalue weighted by atomic mass is 9.82. The average molecular weight is 206 g/mol. The number of nitrogens with one attached hydrogen (secondary N) is 1. The summed E-state index contributed by atoms with van der Waals surface area (Å²) in [5.74, 6) is 3.35. The third kappa shape index (κ3) is 1.49. The van der Waals surface area contributed by atoms with Crippen LogP contribution in [0.25, 0.3) is 0 Å². The third-order valence-corrected chi connectivity index (χ3v) is 3.69. The van der Waals surface area contributed by atoms with Gasteiger partial charge in [0, 0.05) is 25.4 Å². The third-order valence-electron chi connectivity index (χ3n) is 3.69. The van der Waals surface area contributed by atoms with Crippen molar-refractivity contribution in [3.8, 4) is 0 Å². The fourth-order valence-corrected chi connectivity index (χ4v) is 2.27. The van der Waals surface area contributed by atoms with Crippen molar-refractivity contribution < 1.29 is 4.42 Å². The highest BCUT2D eigenvalue weighted by Crippen LogP contribution is 2.38. The first kappa shape index (κ1) is 9.40. The summed E-state index contributed by atoms with van der Waals surface area (Å²) in [7, 11) is 0. The van der Waals surface area contributed by atoms with Gasteiger partial charge < -0.3 is 9.73 Å². The van der Waals surface area contributed by atoms with E-state index in [2.05, 4.69) is 12.2 Å². The van der Waals surface area contributed by atoms with Crippen molar-refractivity contribution in [1.82, 2.24) is 10.3 Å². The topological polar surface area (TPSA) is 38.1 Å². The second-order valence-corrected chi connectivity index (χ2v) is 4.70. The standard InChI is InChI=1S/C12H18N2O/c1-2-10-11(8-4-3-5-8)14-12(15-10)9-6-13-7-9/h8-9,13H,2-7H2,1H3. The van der Waals surface area contributed by atoms with E-state index in [9.17, 15) is 0 Å². The van der Waals surface area contributed by atoms with Crippen LogP contribution in [0.15, 0.2) is 4.42 Å². The molecule has 1 aliphatic carbocycles. The summed E-state index contributed by atoms with van der Waals surface area (Å²) in [6.45, 7) is 4.23. The molecule has 0 radical (unpaired) electrons. The van der Waals surface area contributed by atoms with Gasteiger partial charge in [0.2, 0.25) is 0 Å². The molecule has 2 heterocycles. The van der Waals surface area contributed by atoms with E-state index in [1.165, 1.54) is 25.0 Å². The highest BCUT2D eigenvalue weighted by molar-refractivity contribution is 5.19. The molecule has 15 heavy (non-hydrogen) atoms. The molecule has 3 heteroatoms. The molecule has 0 amide bonds. The van der Waals surface area contributed by atoms with Gasteiger partial charge in [0.25, 0.3) is 0 Å². The SMILES string of the molecule is CCc1oc(C2CNC2)nc1C1CCC1. The maximum Gasteiger partial charge on any atom is 0.200 e. The van der Waals surface area contributed by atoms with Crippen LogP contribution in [0.4, 0.5) is 0 Å². The fraction of sp³-hybridized carbons (Fsp3) is 0.750. The minimum absolute atomic E-state index is 0.532. The van der Waals surface area contributed by atoms with Crippen LogP contribution < -0.4 is 5.32 Å². The Bertz CT molecular complexity index is 351. The molecule has 2 fully saturated rings. The highest BCUT2D eigenvalue weighted by atomic mass is 16.4. The van der Waals surface area contributed by atoms with E-state index >= 15 is 0 Å². The zero-order valence-corrected chi connectivity index (χ0v) is 9.25. The molecule has 1 aromatic heterocycles. The van der Waals surface area contributed by atoms with Gasteiger partial charge in [0.15, 0.2) is 5.89 Å². The molecule has 1 aliphatic heterocycles. The van der Waals surface area contributed by atoms with Crippen LogP contribution in [0, 0.1) is 0 Å². The maximum atomic E-state index is 5.87. The normalized spacial score (nSPS) is 22.5. The fourth-order valence-electron chi connectivity index (χ4n) is 2.27. The molecule has 3 nitrogen and oxygen atoms in total. The van der Waals surface area contributed by atoms with E-state index in [4.69, 9.17) is 9.40 Å². The quantitative estimate of drug-likeness (QED) is 0.823. The zero-order valence-electron chi connectivity index (χ0n) is 9.25. The van der Waals surface area contributed by atoms with Crippen LogP contribution in [-0.2, 0) is 6.42 Å². The molecular formula is C12H18N2O. The molecule has 0 aromatic carbocycles. The van der Waals surface area contributed by atoms with Crippen molar-refractivity contribution in [3.05, 3.63) is 17.3 Å². The van der Waals surface area contributed by atoms with Crippen LogP contribution in [0.5, 0.6) is 0 Å². The van der Waals surface area contributed by atoms with Crippen molar-refractivity contribution in [3.63, 3.8) is 0 Å². The Labute approximate surface area is 90.3 Å². The van der Waals surface area contributed by atoms with E-state index in [0.29, 0.717) is 11.8 Å². The molecule has 82 valence electrons. The summed E-state index contributed by atoms with van der Waals surface area (Å²) in [5, 5.41) is 3.26. The van der Waals surface area contributed by atoms with Gasteiger partial charge in [-0.05, 0) is 12.8 Å². The first-order chi connectivity index (χ1) is 7.38. The Hall–Kier alpha value is -0.830. The van der Waals surface area contributed by atoms with Gasteiger partial charge in [-0.15, -0.1) is 0 Å². The van der Waals surface area contributed by atoms with Crippen LogP contribution in [0.3, 0.4) is 0 Å². The second-order valence-electron chi connectivity index (χ2n) is 4.70. The van der Waals surface area contributed by atoms with E-state index in [1.807, 2.05) is 0 Å². The molecule has 3 rings (SSSR count). The molecule has 0 bridgehead atoms. The zero-order chi connectivity index (χ0) is 10.3. The van der Waals surface area contributed by atoms with Crippen molar-refractivity contribution in [2.24, 2.45) is 0 Å². The van der Waals surface area contributed by atoms with Crippen LogP contribution in [-0.4, -0.2) is 18.1 Å². The number of nitrogens with zero attached hydrogens (tertiary/aromatic N) is 1. The smallest absolute Gasteiger partial charge is 0.200 e. The van der Waals surface area contributed by atoms with E-state index < -0.39 is 0 Å². The molecule has 1 saturated carbocycles. The molecule has 2 aliphatic rings. The van der Waals surface area contributed by atoms with Crippen molar-refractivity contribution >= 4 is 0 Å². The molecule has 0 unspecified atom stereocenters. The molecule has 0 atom stereocenters. The molecule has 1 saturated heterocycles. The van der Waals surface area contributed by atoms with Crippen molar-refractivity contribution in [2.75, 3.05) is 13.1 Å².